The lowest BCUT2D eigenvalue weighted by Gasteiger charge is -2.22. The molecule has 0 fully saturated rings. The molecule has 0 heterocycles. The van der Waals surface area contributed by atoms with Crippen molar-refractivity contribution in [1.82, 2.24) is 5.32 Å². The number of halogens is 5. The van der Waals surface area contributed by atoms with Gasteiger partial charge in [0.15, 0.2) is 17.7 Å². The maximum atomic E-state index is 13.5. The van der Waals surface area contributed by atoms with E-state index in [1.807, 2.05) is 0 Å². The van der Waals surface area contributed by atoms with Gasteiger partial charge in [0.05, 0.1) is 0 Å². The highest BCUT2D eigenvalue weighted by molar-refractivity contribution is 5.76. The number of rotatable bonds is 7. The molecule has 1 unspecified atom stereocenters. The van der Waals surface area contributed by atoms with Crippen molar-refractivity contribution in [3.05, 3.63) is 35.4 Å². The standard InChI is InChI=1S/C14H14F5NO3/c15-9-5-3-4-8(12(9)16)13(14(17,18)19)20-10(21)6-1-2-7-11(22)23/h3-5,13H,1-2,6-7H2,(H,20,21)(H,22,23). The van der Waals surface area contributed by atoms with Crippen LogP contribution in [-0.4, -0.2) is 23.2 Å². The molecule has 0 aliphatic heterocycles. The second kappa shape index (κ2) is 7.89. The van der Waals surface area contributed by atoms with Crippen molar-refractivity contribution in [2.24, 2.45) is 0 Å². The Labute approximate surface area is 128 Å². The minimum atomic E-state index is -5.01. The van der Waals surface area contributed by atoms with E-state index >= 15 is 0 Å². The molecule has 1 amide bonds. The Kier molecular flexibility index (Phi) is 6.47. The minimum Gasteiger partial charge on any atom is -0.481 e. The first kappa shape index (κ1) is 18.9. The van der Waals surface area contributed by atoms with Crippen molar-refractivity contribution in [2.75, 3.05) is 0 Å². The molecule has 9 heteroatoms. The number of hydrogen-bond donors (Lipinski definition) is 2. The van der Waals surface area contributed by atoms with E-state index < -0.39 is 41.3 Å². The summed E-state index contributed by atoms with van der Waals surface area (Å²) >= 11 is 0. The third kappa shape index (κ3) is 5.84. The predicted octanol–water partition coefficient (Wildman–Crippen LogP) is 3.33. The molecule has 0 aromatic heterocycles. The first-order valence-electron chi connectivity index (χ1n) is 6.64. The molecule has 0 aliphatic rings. The van der Waals surface area contributed by atoms with E-state index in [9.17, 15) is 31.5 Å². The summed E-state index contributed by atoms with van der Waals surface area (Å²) in [5.74, 6) is -5.24. The molecule has 1 rings (SSSR count). The lowest BCUT2D eigenvalue weighted by atomic mass is 10.0. The normalized spacial score (nSPS) is 12.7. The SMILES string of the molecule is O=C(O)CCCCC(=O)NC(c1cccc(F)c1F)C(F)(F)F. The van der Waals surface area contributed by atoms with Gasteiger partial charge in [-0.2, -0.15) is 13.2 Å². The summed E-state index contributed by atoms with van der Waals surface area (Å²) in [5.41, 5.74) is -1.02. The van der Waals surface area contributed by atoms with E-state index in [0.29, 0.717) is 6.07 Å². The van der Waals surface area contributed by atoms with Crippen LogP contribution in [0.5, 0.6) is 0 Å². The molecular weight excluding hydrogens is 325 g/mol. The molecule has 1 atom stereocenters. The molecule has 0 aliphatic carbocycles. The number of carbonyl (C=O) groups excluding carboxylic acids is 1. The van der Waals surface area contributed by atoms with E-state index in [-0.39, 0.29) is 25.7 Å². The molecule has 0 bridgehead atoms. The smallest absolute Gasteiger partial charge is 0.412 e. The molecule has 23 heavy (non-hydrogen) atoms. The summed E-state index contributed by atoms with van der Waals surface area (Å²) in [7, 11) is 0. The van der Waals surface area contributed by atoms with Crippen LogP contribution < -0.4 is 5.32 Å². The highest BCUT2D eigenvalue weighted by atomic mass is 19.4. The zero-order valence-electron chi connectivity index (χ0n) is 11.8. The van der Waals surface area contributed by atoms with E-state index in [4.69, 9.17) is 5.11 Å². The van der Waals surface area contributed by atoms with Crippen LogP contribution in [0.15, 0.2) is 18.2 Å². The van der Waals surface area contributed by atoms with E-state index in [1.54, 1.807) is 5.32 Å². The average Bonchev–Trinajstić information content (AvgIpc) is 2.43. The maximum absolute atomic E-state index is 13.5. The van der Waals surface area contributed by atoms with Gasteiger partial charge in [0.25, 0.3) is 0 Å². The third-order valence-electron chi connectivity index (χ3n) is 2.97. The van der Waals surface area contributed by atoms with Crippen LogP contribution in [0, 0.1) is 11.6 Å². The van der Waals surface area contributed by atoms with Gasteiger partial charge in [0, 0.05) is 18.4 Å². The Balaban J connectivity index is 2.79. The van der Waals surface area contributed by atoms with Crippen LogP contribution >= 0.6 is 0 Å². The number of carboxylic acid groups (broad SMARTS) is 1. The van der Waals surface area contributed by atoms with Crippen molar-refractivity contribution in [3.63, 3.8) is 0 Å². The fraction of sp³-hybridized carbons (Fsp3) is 0.429. The van der Waals surface area contributed by atoms with Gasteiger partial charge in [-0.1, -0.05) is 12.1 Å². The maximum Gasteiger partial charge on any atom is 0.412 e. The molecule has 0 spiro atoms. The number of alkyl halides is 3. The van der Waals surface area contributed by atoms with Gasteiger partial charge in [-0.15, -0.1) is 0 Å². The number of hydrogen-bond acceptors (Lipinski definition) is 2. The quantitative estimate of drug-likeness (QED) is 0.591. The highest BCUT2D eigenvalue weighted by Gasteiger charge is 2.43. The molecule has 2 N–H and O–H groups in total. The monoisotopic (exact) mass is 339 g/mol. The number of benzene rings is 1. The Morgan fingerprint density at radius 3 is 2.30 bits per heavy atom. The van der Waals surface area contributed by atoms with Crippen molar-refractivity contribution in [3.8, 4) is 0 Å². The van der Waals surface area contributed by atoms with Gasteiger partial charge in [-0.3, -0.25) is 9.59 Å². The molecule has 0 saturated heterocycles. The fourth-order valence-electron chi connectivity index (χ4n) is 1.87. The van der Waals surface area contributed by atoms with Gasteiger partial charge in [0.1, 0.15) is 0 Å². The first-order chi connectivity index (χ1) is 10.6. The Bertz CT molecular complexity index is 574. The van der Waals surface area contributed by atoms with Crippen LogP contribution in [-0.2, 0) is 9.59 Å². The van der Waals surface area contributed by atoms with Crippen LogP contribution in [0.4, 0.5) is 22.0 Å². The second-order valence-corrected chi connectivity index (χ2v) is 4.79. The van der Waals surface area contributed by atoms with Crippen LogP contribution in [0.1, 0.15) is 37.3 Å². The first-order valence-corrected chi connectivity index (χ1v) is 6.64. The largest absolute Gasteiger partial charge is 0.481 e. The molecule has 4 nitrogen and oxygen atoms in total. The zero-order valence-corrected chi connectivity index (χ0v) is 11.8. The van der Waals surface area contributed by atoms with Crippen LogP contribution in [0.2, 0.25) is 0 Å². The topological polar surface area (TPSA) is 66.4 Å². The van der Waals surface area contributed by atoms with E-state index in [0.717, 1.165) is 12.1 Å². The van der Waals surface area contributed by atoms with Crippen LogP contribution in [0.3, 0.4) is 0 Å². The van der Waals surface area contributed by atoms with Gasteiger partial charge in [-0.25, -0.2) is 8.78 Å². The van der Waals surface area contributed by atoms with E-state index in [1.165, 1.54) is 0 Å². The zero-order chi connectivity index (χ0) is 17.6. The Hall–Kier alpha value is -2.19. The number of unbranched alkanes of at least 4 members (excludes halogenated alkanes) is 1. The van der Waals surface area contributed by atoms with Crippen LogP contribution in [0.25, 0.3) is 0 Å². The van der Waals surface area contributed by atoms with Crippen molar-refractivity contribution >= 4 is 11.9 Å². The number of carboxylic acids is 1. The summed E-state index contributed by atoms with van der Waals surface area (Å²) in [6.07, 6.45) is -5.39. The molecule has 128 valence electrons. The van der Waals surface area contributed by atoms with Gasteiger partial charge >= 0.3 is 12.1 Å². The average molecular weight is 339 g/mol. The molecule has 0 radical (unpaired) electrons. The second-order valence-electron chi connectivity index (χ2n) is 4.79. The fourth-order valence-corrected chi connectivity index (χ4v) is 1.87. The lowest BCUT2D eigenvalue weighted by Crippen LogP contribution is -2.38. The number of nitrogens with one attached hydrogen (secondary N) is 1. The molecule has 0 saturated carbocycles. The summed E-state index contributed by atoms with van der Waals surface area (Å²) in [4.78, 5) is 21.8. The van der Waals surface area contributed by atoms with Gasteiger partial charge < -0.3 is 10.4 Å². The number of aliphatic carboxylic acids is 1. The Morgan fingerprint density at radius 2 is 1.74 bits per heavy atom. The minimum absolute atomic E-state index is 0.0638. The summed E-state index contributed by atoms with van der Waals surface area (Å²) in [6, 6.07) is -0.363. The summed E-state index contributed by atoms with van der Waals surface area (Å²) < 4.78 is 65.6. The molecular formula is C14H14F5NO3. The molecule has 1 aromatic carbocycles. The predicted molar refractivity (Wildman–Crippen MR) is 69.4 cm³/mol. The number of carbonyl (C=O) groups is 2. The summed E-state index contributed by atoms with van der Waals surface area (Å²) in [5, 5.41) is 10.0. The van der Waals surface area contributed by atoms with Crippen molar-refractivity contribution in [2.45, 2.75) is 37.9 Å². The summed E-state index contributed by atoms with van der Waals surface area (Å²) in [6.45, 7) is 0. The lowest BCUT2D eigenvalue weighted by molar-refractivity contribution is -0.164. The third-order valence-corrected chi connectivity index (χ3v) is 2.97. The molecule has 1 aromatic rings. The number of amides is 1. The van der Waals surface area contributed by atoms with Gasteiger partial charge in [-0.05, 0) is 18.9 Å². The van der Waals surface area contributed by atoms with E-state index in [2.05, 4.69) is 0 Å². The Morgan fingerprint density at radius 1 is 1.13 bits per heavy atom. The van der Waals surface area contributed by atoms with Crippen molar-refractivity contribution < 1.29 is 36.6 Å². The van der Waals surface area contributed by atoms with Gasteiger partial charge in [0.2, 0.25) is 5.91 Å². The highest BCUT2D eigenvalue weighted by Crippen LogP contribution is 2.34. The van der Waals surface area contributed by atoms with Crippen molar-refractivity contribution in [1.29, 1.82) is 0 Å².